The Morgan fingerprint density at radius 1 is 0.381 bits per heavy atom. The van der Waals surface area contributed by atoms with Crippen LogP contribution in [-0.2, 0) is 65.1 Å². The van der Waals surface area contributed by atoms with Gasteiger partial charge < -0.3 is 24.9 Å². The van der Waals surface area contributed by atoms with E-state index in [1.807, 2.05) is 91.1 Å². The van der Waals surface area contributed by atoms with Crippen molar-refractivity contribution >= 4 is 72.2 Å². The van der Waals surface area contributed by atoms with Crippen molar-refractivity contribution in [1.29, 1.82) is 0 Å². The molecule has 1 N–H and O–H groups in total. The summed E-state index contributed by atoms with van der Waals surface area (Å²) in [7, 11) is 0. The van der Waals surface area contributed by atoms with Gasteiger partial charge in [0.15, 0.2) is 5.78 Å². The van der Waals surface area contributed by atoms with Crippen LogP contribution < -0.4 is 9.80 Å². The summed E-state index contributed by atoms with van der Waals surface area (Å²) in [5.74, 6) is -0.0625. The molecule has 6 nitrogen and oxygen atoms in total. The molecule has 0 unspecified atom stereocenters. The van der Waals surface area contributed by atoms with Gasteiger partial charge in [-0.15, -0.1) is 71.8 Å². The molecule has 0 fully saturated rings. The number of allylic oxidation sites excluding steroid dienone is 2. The number of ketones is 1. The van der Waals surface area contributed by atoms with Gasteiger partial charge in [-0.1, -0.05) is 170 Å². The van der Waals surface area contributed by atoms with E-state index in [1.165, 1.54) is 63.4 Å². The molecule has 9 heteroatoms. The maximum Gasteiger partial charge on any atom is 0.155 e. The maximum absolute atomic E-state index is 10.0. The van der Waals surface area contributed by atoms with Gasteiger partial charge >= 0.3 is 0 Å². The van der Waals surface area contributed by atoms with Crippen LogP contribution >= 0.6 is 0 Å². The minimum atomic E-state index is -0.125. The average molecular weight is 1620 g/mol. The van der Waals surface area contributed by atoms with Crippen molar-refractivity contribution in [3.63, 3.8) is 0 Å². The molecule has 0 saturated heterocycles. The smallest absolute Gasteiger partial charge is 0.155 e. The van der Waals surface area contributed by atoms with E-state index >= 15 is 0 Å². The second-order valence-electron chi connectivity index (χ2n) is 19.0. The molecule has 13 rings (SSSR count). The molecule has 0 aliphatic carbocycles. The minimum absolute atomic E-state index is 0. The first-order chi connectivity index (χ1) is 39.9. The largest absolute Gasteiger partial charge is 0.512 e. The van der Waals surface area contributed by atoms with E-state index in [2.05, 4.69) is 238 Å². The zero-order valence-electron chi connectivity index (χ0n) is 46.1. The number of anilines is 6. The summed E-state index contributed by atoms with van der Waals surface area (Å²) < 4.78 is 0. The standard InChI is InChI=1S/C44H32N2.C15H10N.C11H8N.C5H8O2.3Ir/c1-3-17-37(18-4-1)45(43-23-11-15-35-13-7-9-21-41(35)43)39-29-25-33(26-30-39)34-27-31-40(32-28-34)46(38-19-5-2-6-20-38)44-24-12-16-36-14-8-10-22-42(36)44;1-2-7-13(8-3-1)15-14-9-5-4-6-12(14)10-11-16-15;1-2-6-10(7-3-1)11-8-4-5-9-12-11;1-4(6)3-5(2)7;;;/h1-32H;1-7,9-11H;1-6,8-9H;3,6H,1-2H3;;;/q;2*-1;;;;. The first kappa shape index (κ1) is 62.9. The number of pyridine rings is 2. The molecule has 0 aliphatic rings. The second kappa shape index (κ2) is 31.6. The number of benzene rings is 11. The van der Waals surface area contributed by atoms with Crippen LogP contribution in [0.25, 0.3) is 66.0 Å². The van der Waals surface area contributed by atoms with E-state index in [4.69, 9.17) is 5.11 Å². The van der Waals surface area contributed by atoms with Crippen molar-refractivity contribution in [3.8, 4) is 33.6 Å². The van der Waals surface area contributed by atoms with Gasteiger partial charge in [0.1, 0.15) is 0 Å². The fourth-order valence-electron chi connectivity index (χ4n) is 9.66. The number of nitrogens with zero attached hydrogens (tertiary/aromatic N) is 4. The molecular formula is C75H58Ir3N4O2-2. The van der Waals surface area contributed by atoms with Gasteiger partial charge in [-0.3, -0.25) is 4.79 Å². The summed E-state index contributed by atoms with van der Waals surface area (Å²) in [5, 5.41) is 15.7. The Hall–Kier alpha value is -8.74. The van der Waals surface area contributed by atoms with E-state index in [1.54, 1.807) is 6.20 Å². The molecule has 3 radical (unpaired) electrons. The van der Waals surface area contributed by atoms with E-state index in [9.17, 15) is 4.79 Å². The first-order valence-corrected chi connectivity index (χ1v) is 26.8. The maximum atomic E-state index is 10.0. The number of rotatable bonds is 10. The van der Waals surface area contributed by atoms with Gasteiger partial charge in [0.25, 0.3) is 0 Å². The van der Waals surface area contributed by atoms with Crippen LogP contribution in [0.1, 0.15) is 13.8 Å². The fourth-order valence-corrected chi connectivity index (χ4v) is 9.66. The SMILES string of the molecule is CC(=O)C=C(C)O.[Ir].[Ir].[Ir].[c-]1ccccc1-c1ccccn1.[c-]1ccccc1-c1nccc2ccccc12.c1ccc(N(c2ccc(-c3ccc(N(c4ccccc4)c4cccc5ccccc45)cc3)cc2)c2cccc3ccccc23)cc1. The number of hydrogen-bond donors (Lipinski definition) is 1. The monoisotopic (exact) mass is 1630 g/mol. The van der Waals surface area contributed by atoms with Crippen molar-refractivity contribution in [2.75, 3.05) is 9.80 Å². The van der Waals surface area contributed by atoms with E-state index in [-0.39, 0.29) is 71.9 Å². The molecule has 0 atom stereocenters. The van der Waals surface area contributed by atoms with E-state index < -0.39 is 0 Å². The summed E-state index contributed by atoms with van der Waals surface area (Å²) >= 11 is 0. The third-order valence-electron chi connectivity index (χ3n) is 13.3. The third kappa shape index (κ3) is 16.1. The van der Waals surface area contributed by atoms with Crippen LogP contribution in [0.5, 0.6) is 0 Å². The Morgan fingerprint density at radius 3 is 1.21 bits per heavy atom. The van der Waals surface area contributed by atoms with Crippen LogP contribution in [-0.4, -0.2) is 20.9 Å². The van der Waals surface area contributed by atoms with Crippen LogP contribution in [0, 0.1) is 12.1 Å². The quantitative estimate of drug-likeness (QED) is 0.0836. The summed E-state index contributed by atoms with van der Waals surface area (Å²) in [6.07, 6.45) is 4.80. The van der Waals surface area contributed by atoms with Crippen molar-refractivity contribution in [3.05, 3.63) is 328 Å². The van der Waals surface area contributed by atoms with Gasteiger partial charge in [0.05, 0.1) is 17.1 Å². The molecule has 2 heterocycles. The van der Waals surface area contributed by atoms with Crippen molar-refractivity contribution in [2.24, 2.45) is 0 Å². The minimum Gasteiger partial charge on any atom is -0.512 e. The summed E-state index contributed by atoms with van der Waals surface area (Å²) in [6.45, 7) is 2.85. The Bertz CT molecular complexity index is 3940. The second-order valence-corrected chi connectivity index (χ2v) is 19.0. The Morgan fingerprint density at radius 2 is 0.786 bits per heavy atom. The predicted octanol–water partition coefficient (Wildman–Crippen LogP) is 19.9. The number of carbonyl (C=O) groups excluding carboxylic acids is 1. The molecule has 0 aliphatic heterocycles. The molecule has 419 valence electrons. The van der Waals surface area contributed by atoms with E-state index in [0.29, 0.717) is 0 Å². The Balaban J connectivity index is 0.000000216. The summed E-state index contributed by atoms with van der Waals surface area (Å²) in [4.78, 5) is 23.4. The molecule has 2 aromatic heterocycles. The van der Waals surface area contributed by atoms with Crippen molar-refractivity contribution < 1.29 is 70.2 Å². The van der Waals surface area contributed by atoms with E-state index in [0.717, 1.165) is 56.6 Å². The van der Waals surface area contributed by atoms with Crippen LogP contribution in [0.3, 0.4) is 0 Å². The number of aromatic nitrogens is 2. The Kier molecular flexibility index (Phi) is 23.7. The molecule has 0 amide bonds. The first-order valence-electron chi connectivity index (χ1n) is 26.8. The molecule has 0 spiro atoms. The van der Waals surface area contributed by atoms with Crippen LogP contribution in [0.4, 0.5) is 34.1 Å². The summed E-state index contributed by atoms with van der Waals surface area (Å²) in [6, 6.07) is 107. The van der Waals surface area contributed by atoms with Gasteiger partial charge in [0.2, 0.25) is 0 Å². The number of aliphatic hydroxyl groups excluding tert-OH is 1. The van der Waals surface area contributed by atoms with Gasteiger partial charge in [0, 0.05) is 112 Å². The van der Waals surface area contributed by atoms with Crippen molar-refractivity contribution in [1.82, 2.24) is 9.97 Å². The zero-order valence-corrected chi connectivity index (χ0v) is 53.3. The number of para-hydroxylation sites is 2. The van der Waals surface area contributed by atoms with Gasteiger partial charge in [-0.05, 0) is 131 Å². The number of carbonyl (C=O) groups is 1. The third-order valence-corrected chi connectivity index (χ3v) is 13.3. The molecular weight excluding hydrogens is 1570 g/mol. The normalized spacial score (nSPS) is 10.4. The predicted molar refractivity (Wildman–Crippen MR) is 338 cm³/mol. The molecule has 11 aromatic carbocycles. The van der Waals surface area contributed by atoms with Crippen LogP contribution in [0.2, 0.25) is 0 Å². The Labute approximate surface area is 532 Å². The molecule has 13 aromatic rings. The fraction of sp³-hybridized carbons (Fsp3) is 0.0267. The zero-order chi connectivity index (χ0) is 55.6. The van der Waals surface area contributed by atoms with Gasteiger partial charge in [-0.25, -0.2) is 0 Å². The number of fused-ring (bicyclic) bond motifs is 3. The van der Waals surface area contributed by atoms with Crippen molar-refractivity contribution in [2.45, 2.75) is 13.8 Å². The summed E-state index contributed by atoms with van der Waals surface area (Å²) in [5.41, 5.74) is 13.2. The van der Waals surface area contributed by atoms with Gasteiger partial charge in [-0.2, -0.15) is 0 Å². The molecule has 0 bridgehead atoms. The number of hydrogen-bond acceptors (Lipinski definition) is 6. The molecule has 84 heavy (non-hydrogen) atoms. The average Bonchev–Trinajstić information content (AvgIpc) is 2.50. The van der Waals surface area contributed by atoms with Crippen LogP contribution in [0.15, 0.2) is 315 Å². The topological polar surface area (TPSA) is 69.6 Å². The number of aliphatic hydroxyl groups is 1. The molecule has 0 saturated carbocycles.